The van der Waals surface area contributed by atoms with Crippen LogP contribution in [0.1, 0.15) is 15.9 Å². The third kappa shape index (κ3) is 2.72. The molecule has 124 valence electrons. The van der Waals surface area contributed by atoms with Crippen LogP contribution in [-0.4, -0.2) is 22.9 Å². The zero-order valence-corrected chi connectivity index (χ0v) is 14.3. The molecule has 5 nitrogen and oxygen atoms in total. The standard InChI is InChI=1S/C19H15ClN4O/c1-23-15-10-6-5-9-14(15)18(25)24(12-13-7-3-2-4-8-13)16-11-21-19(20)22-17(16)23/h2-11H,12H2,1H3. The van der Waals surface area contributed by atoms with E-state index in [1.807, 2.05) is 66.5 Å². The quantitative estimate of drug-likeness (QED) is 0.654. The lowest BCUT2D eigenvalue weighted by atomic mass is 10.1. The zero-order valence-electron chi connectivity index (χ0n) is 13.6. The molecule has 2 aromatic carbocycles. The van der Waals surface area contributed by atoms with Crippen LogP contribution in [0.3, 0.4) is 0 Å². The number of carbonyl (C=O) groups excluding carboxylic acids is 1. The lowest BCUT2D eigenvalue weighted by Crippen LogP contribution is -2.30. The summed E-state index contributed by atoms with van der Waals surface area (Å²) >= 11 is 6.01. The summed E-state index contributed by atoms with van der Waals surface area (Å²) < 4.78 is 0. The van der Waals surface area contributed by atoms with Crippen LogP contribution in [0.2, 0.25) is 5.28 Å². The first kappa shape index (κ1) is 15.6. The Labute approximate surface area is 150 Å². The van der Waals surface area contributed by atoms with Gasteiger partial charge in [0.15, 0.2) is 5.82 Å². The number of rotatable bonds is 2. The van der Waals surface area contributed by atoms with Crippen molar-refractivity contribution in [3.05, 3.63) is 77.2 Å². The number of para-hydroxylation sites is 1. The molecule has 0 bridgehead atoms. The van der Waals surface area contributed by atoms with Crippen LogP contribution >= 0.6 is 11.6 Å². The highest BCUT2D eigenvalue weighted by molar-refractivity contribution is 6.28. The van der Waals surface area contributed by atoms with Crippen LogP contribution < -0.4 is 9.80 Å². The predicted octanol–water partition coefficient (Wildman–Crippen LogP) is 4.06. The molecule has 0 spiro atoms. The fourth-order valence-corrected chi connectivity index (χ4v) is 3.15. The number of benzene rings is 2. The Bertz CT molecular complexity index is 945. The number of carbonyl (C=O) groups is 1. The third-order valence-corrected chi connectivity index (χ3v) is 4.44. The number of anilines is 3. The molecular formula is C19H15ClN4O. The Hall–Kier alpha value is -2.92. The molecule has 2 heterocycles. The van der Waals surface area contributed by atoms with Gasteiger partial charge >= 0.3 is 0 Å². The molecule has 3 aromatic rings. The van der Waals surface area contributed by atoms with Crippen LogP contribution in [0, 0.1) is 0 Å². The van der Waals surface area contributed by atoms with Crippen molar-refractivity contribution < 1.29 is 4.79 Å². The summed E-state index contributed by atoms with van der Waals surface area (Å²) in [4.78, 5) is 25.3. The van der Waals surface area contributed by atoms with Crippen molar-refractivity contribution in [2.24, 2.45) is 0 Å². The Morgan fingerprint density at radius 1 is 1.00 bits per heavy atom. The number of amides is 1. The van der Waals surface area contributed by atoms with E-state index < -0.39 is 0 Å². The van der Waals surface area contributed by atoms with Crippen LogP contribution in [0.5, 0.6) is 0 Å². The highest BCUT2D eigenvalue weighted by Crippen LogP contribution is 2.38. The van der Waals surface area contributed by atoms with Gasteiger partial charge in [-0.3, -0.25) is 9.69 Å². The summed E-state index contributed by atoms with van der Waals surface area (Å²) in [5.74, 6) is 0.519. The fraction of sp³-hybridized carbons (Fsp3) is 0.105. The van der Waals surface area contributed by atoms with E-state index in [2.05, 4.69) is 9.97 Å². The molecule has 1 aromatic heterocycles. The molecule has 0 saturated heterocycles. The van der Waals surface area contributed by atoms with Crippen LogP contribution in [-0.2, 0) is 6.54 Å². The Balaban J connectivity index is 1.91. The number of hydrogen-bond acceptors (Lipinski definition) is 4. The first-order valence-electron chi connectivity index (χ1n) is 7.86. The lowest BCUT2D eigenvalue weighted by molar-refractivity contribution is 0.0986. The van der Waals surface area contributed by atoms with E-state index in [9.17, 15) is 4.79 Å². The van der Waals surface area contributed by atoms with E-state index in [0.29, 0.717) is 23.6 Å². The SMILES string of the molecule is CN1c2ccccc2C(=O)N(Cc2ccccc2)c2cnc(Cl)nc21. The van der Waals surface area contributed by atoms with E-state index in [1.165, 1.54) is 0 Å². The largest absolute Gasteiger partial charge is 0.327 e. The number of nitrogens with zero attached hydrogens (tertiary/aromatic N) is 4. The molecule has 4 rings (SSSR count). The summed E-state index contributed by atoms with van der Waals surface area (Å²) in [5, 5.41) is 0.150. The molecule has 0 saturated carbocycles. The second-order valence-corrected chi connectivity index (χ2v) is 6.14. The maximum Gasteiger partial charge on any atom is 0.260 e. The summed E-state index contributed by atoms with van der Waals surface area (Å²) in [5.41, 5.74) is 3.07. The Kier molecular flexibility index (Phi) is 3.86. The van der Waals surface area contributed by atoms with Gasteiger partial charge in [0.05, 0.1) is 24.0 Å². The summed E-state index contributed by atoms with van der Waals surface area (Å²) in [6.45, 7) is 0.430. The third-order valence-electron chi connectivity index (χ3n) is 4.25. The van der Waals surface area contributed by atoms with Crippen molar-refractivity contribution in [1.82, 2.24) is 9.97 Å². The molecule has 0 radical (unpaired) electrons. The van der Waals surface area contributed by atoms with Gasteiger partial charge in [-0.1, -0.05) is 42.5 Å². The van der Waals surface area contributed by atoms with E-state index in [4.69, 9.17) is 11.6 Å². The average molecular weight is 351 g/mol. The molecule has 0 N–H and O–H groups in total. The van der Waals surface area contributed by atoms with E-state index in [0.717, 1.165) is 11.3 Å². The minimum atomic E-state index is -0.0871. The molecule has 0 unspecified atom stereocenters. The predicted molar refractivity (Wildman–Crippen MR) is 98.5 cm³/mol. The van der Waals surface area contributed by atoms with Crippen molar-refractivity contribution in [2.75, 3.05) is 16.8 Å². The van der Waals surface area contributed by atoms with Crippen molar-refractivity contribution in [1.29, 1.82) is 0 Å². The van der Waals surface area contributed by atoms with Crippen molar-refractivity contribution in [3.63, 3.8) is 0 Å². The van der Waals surface area contributed by atoms with Gasteiger partial charge in [0, 0.05) is 7.05 Å². The van der Waals surface area contributed by atoms with E-state index in [1.54, 1.807) is 11.1 Å². The monoisotopic (exact) mass is 350 g/mol. The molecule has 25 heavy (non-hydrogen) atoms. The number of fused-ring (bicyclic) bond motifs is 2. The van der Waals surface area contributed by atoms with Crippen molar-refractivity contribution >= 4 is 34.7 Å². The van der Waals surface area contributed by atoms with Crippen LogP contribution in [0.15, 0.2) is 60.8 Å². The maximum atomic E-state index is 13.2. The van der Waals surface area contributed by atoms with E-state index >= 15 is 0 Å². The van der Waals surface area contributed by atoms with Crippen LogP contribution in [0.25, 0.3) is 0 Å². The minimum Gasteiger partial charge on any atom is -0.327 e. The molecule has 0 aliphatic carbocycles. The maximum absolute atomic E-state index is 13.2. The first-order chi connectivity index (χ1) is 12.1. The second-order valence-electron chi connectivity index (χ2n) is 5.80. The highest BCUT2D eigenvalue weighted by Gasteiger charge is 2.30. The Morgan fingerprint density at radius 2 is 1.72 bits per heavy atom. The van der Waals surface area contributed by atoms with Gasteiger partial charge in [0.2, 0.25) is 5.28 Å². The minimum absolute atomic E-state index is 0.0871. The number of hydrogen-bond donors (Lipinski definition) is 0. The molecule has 0 atom stereocenters. The van der Waals surface area contributed by atoms with Crippen LogP contribution in [0.4, 0.5) is 17.2 Å². The number of halogens is 1. The van der Waals surface area contributed by atoms with Crippen molar-refractivity contribution in [3.8, 4) is 0 Å². The molecule has 0 fully saturated rings. The average Bonchev–Trinajstić information content (AvgIpc) is 2.73. The lowest BCUT2D eigenvalue weighted by Gasteiger charge is -2.23. The van der Waals surface area contributed by atoms with Gasteiger partial charge < -0.3 is 4.90 Å². The van der Waals surface area contributed by atoms with E-state index in [-0.39, 0.29) is 11.2 Å². The van der Waals surface area contributed by atoms with Gasteiger partial charge in [0.1, 0.15) is 5.69 Å². The van der Waals surface area contributed by atoms with Gasteiger partial charge in [-0.05, 0) is 29.3 Å². The smallest absolute Gasteiger partial charge is 0.260 e. The molecule has 1 aliphatic rings. The zero-order chi connectivity index (χ0) is 17.4. The van der Waals surface area contributed by atoms with Crippen molar-refractivity contribution in [2.45, 2.75) is 6.54 Å². The van der Waals surface area contributed by atoms with Gasteiger partial charge in [-0.25, -0.2) is 4.98 Å². The van der Waals surface area contributed by atoms with Gasteiger partial charge in [-0.15, -0.1) is 0 Å². The summed E-state index contributed by atoms with van der Waals surface area (Å²) in [6, 6.07) is 17.3. The molecule has 6 heteroatoms. The molecular weight excluding hydrogens is 336 g/mol. The topological polar surface area (TPSA) is 49.3 Å². The fourth-order valence-electron chi connectivity index (χ4n) is 3.02. The van der Waals surface area contributed by atoms with Gasteiger partial charge in [-0.2, -0.15) is 4.98 Å². The summed E-state index contributed by atoms with van der Waals surface area (Å²) in [6.07, 6.45) is 1.61. The van der Waals surface area contributed by atoms with Gasteiger partial charge in [0.25, 0.3) is 5.91 Å². The normalized spacial score (nSPS) is 13.3. The first-order valence-corrected chi connectivity index (χ1v) is 8.24. The molecule has 1 aliphatic heterocycles. The highest BCUT2D eigenvalue weighted by atomic mass is 35.5. The summed E-state index contributed by atoms with van der Waals surface area (Å²) in [7, 11) is 1.88. The number of aromatic nitrogens is 2. The molecule has 1 amide bonds. The second kappa shape index (κ2) is 6.18. The Morgan fingerprint density at radius 3 is 2.52 bits per heavy atom.